The molecule has 0 saturated heterocycles. The Labute approximate surface area is 171 Å². The van der Waals surface area contributed by atoms with Gasteiger partial charge in [-0.05, 0) is 60.7 Å². The number of fused-ring (bicyclic) bond motifs is 1. The highest BCUT2D eigenvalue weighted by atomic mass is 35.5. The molecule has 0 N–H and O–H groups in total. The zero-order valence-corrected chi connectivity index (χ0v) is 17.5. The Balaban J connectivity index is 0.00000243. The number of benzene rings is 2. The molecule has 3 nitrogen and oxygen atoms in total. The molecule has 2 aromatic carbocycles. The fourth-order valence-corrected chi connectivity index (χ4v) is 3.64. The van der Waals surface area contributed by atoms with E-state index < -0.39 is 0 Å². The number of hydrogen-bond donors (Lipinski definition) is 0. The Morgan fingerprint density at radius 1 is 0.962 bits per heavy atom. The number of rotatable bonds is 6. The molecular weight excluding hydrogens is 393 g/mol. The van der Waals surface area contributed by atoms with Crippen LogP contribution in [0.3, 0.4) is 0 Å². The largest absolute Gasteiger partial charge is 0.493 e. The van der Waals surface area contributed by atoms with Crippen LogP contribution in [0.1, 0.15) is 30.0 Å². The van der Waals surface area contributed by atoms with Crippen LogP contribution in [0.4, 0.5) is 0 Å². The van der Waals surface area contributed by atoms with Gasteiger partial charge in [0.1, 0.15) is 0 Å². The van der Waals surface area contributed by atoms with Crippen LogP contribution in [0.25, 0.3) is 0 Å². The first-order valence-corrected chi connectivity index (χ1v) is 9.19. The minimum absolute atomic E-state index is 0. The van der Waals surface area contributed by atoms with Crippen molar-refractivity contribution >= 4 is 35.6 Å². The highest BCUT2D eigenvalue weighted by Gasteiger charge is 2.25. The van der Waals surface area contributed by atoms with E-state index in [0.717, 1.165) is 37.4 Å². The lowest BCUT2D eigenvalue weighted by molar-refractivity contribution is 0.203. The van der Waals surface area contributed by atoms with Gasteiger partial charge in [0.05, 0.1) is 24.3 Å². The average molecular weight is 417 g/mol. The lowest BCUT2D eigenvalue weighted by Crippen LogP contribution is -2.28. The van der Waals surface area contributed by atoms with Crippen LogP contribution < -0.4 is 9.47 Å². The maximum absolute atomic E-state index is 6.11. The third-order valence-corrected chi connectivity index (χ3v) is 5.65. The quantitative estimate of drug-likeness (QED) is 0.596. The zero-order valence-electron chi connectivity index (χ0n) is 15.2. The molecule has 1 atom stereocenters. The summed E-state index contributed by atoms with van der Waals surface area (Å²) >= 11 is 12.1. The number of nitrogens with zero attached hydrogens (tertiary/aromatic N) is 1. The molecule has 0 bridgehead atoms. The fourth-order valence-electron chi connectivity index (χ4n) is 3.32. The number of ether oxygens (including phenoxy) is 2. The Hall–Kier alpha value is -1.13. The van der Waals surface area contributed by atoms with Gasteiger partial charge in [0, 0.05) is 19.1 Å². The normalized spacial score (nSPS) is 14.5. The van der Waals surface area contributed by atoms with E-state index in [2.05, 4.69) is 30.0 Å². The van der Waals surface area contributed by atoms with Gasteiger partial charge < -0.3 is 9.47 Å². The molecule has 0 aromatic heterocycles. The molecule has 0 unspecified atom stereocenters. The summed E-state index contributed by atoms with van der Waals surface area (Å²) in [7, 11) is 3.35. The molecule has 26 heavy (non-hydrogen) atoms. The summed E-state index contributed by atoms with van der Waals surface area (Å²) in [4.78, 5) is 2.49. The molecule has 0 aliphatic carbocycles. The van der Waals surface area contributed by atoms with Crippen LogP contribution in [-0.4, -0.2) is 25.2 Å². The molecule has 142 valence electrons. The second-order valence-corrected chi connectivity index (χ2v) is 7.33. The van der Waals surface area contributed by atoms with Crippen LogP contribution >= 0.6 is 35.6 Å². The van der Waals surface area contributed by atoms with E-state index in [-0.39, 0.29) is 12.4 Å². The Morgan fingerprint density at radius 2 is 1.54 bits per heavy atom. The standard InChI is InChI=1S/C20H23Cl2NO2.ClH/c1-13(4-5-14-6-7-17(21)18(22)8-14)23-11-15-9-19(24-2)20(25-3)10-16(15)12-23;/h6-10,13H,4-5,11-12H2,1-3H3;1H/t13-;/m0./s1. The highest BCUT2D eigenvalue weighted by Crippen LogP contribution is 2.36. The van der Waals surface area contributed by atoms with E-state index in [1.165, 1.54) is 16.7 Å². The van der Waals surface area contributed by atoms with Gasteiger partial charge in [0.25, 0.3) is 0 Å². The monoisotopic (exact) mass is 415 g/mol. The van der Waals surface area contributed by atoms with Crippen LogP contribution in [0.2, 0.25) is 10.0 Å². The summed E-state index contributed by atoms with van der Waals surface area (Å²) < 4.78 is 10.8. The number of hydrogen-bond acceptors (Lipinski definition) is 3. The Kier molecular flexibility index (Phi) is 7.48. The number of aryl methyl sites for hydroxylation is 1. The summed E-state index contributed by atoms with van der Waals surface area (Å²) in [6.45, 7) is 4.16. The first kappa shape index (κ1) is 21.2. The van der Waals surface area contributed by atoms with Crippen molar-refractivity contribution in [2.75, 3.05) is 14.2 Å². The van der Waals surface area contributed by atoms with E-state index in [1.54, 1.807) is 14.2 Å². The first-order valence-electron chi connectivity index (χ1n) is 8.43. The molecule has 1 aliphatic heterocycles. The van der Waals surface area contributed by atoms with Crippen molar-refractivity contribution in [3.63, 3.8) is 0 Å². The van der Waals surface area contributed by atoms with Gasteiger partial charge in [0.15, 0.2) is 11.5 Å². The fraction of sp³-hybridized carbons (Fsp3) is 0.400. The summed E-state index contributed by atoms with van der Waals surface area (Å²) in [5.74, 6) is 1.60. The SMILES string of the molecule is COc1cc2c(cc1OC)CN([C@@H](C)CCc1ccc(Cl)c(Cl)c1)C2.Cl. The van der Waals surface area contributed by atoms with Gasteiger partial charge in [0.2, 0.25) is 0 Å². The third kappa shape index (κ3) is 4.58. The van der Waals surface area contributed by atoms with E-state index in [0.29, 0.717) is 16.1 Å². The van der Waals surface area contributed by atoms with Crippen LogP contribution in [-0.2, 0) is 19.5 Å². The van der Waals surface area contributed by atoms with Crippen molar-refractivity contribution in [3.8, 4) is 11.5 Å². The minimum Gasteiger partial charge on any atom is -0.493 e. The van der Waals surface area contributed by atoms with Gasteiger partial charge in [-0.25, -0.2) is 0 Å². The van der Waals surface area contributed by atoms with Gasteiger partial charge in [-0.15, -0.1) is 12.4 Å². The Bertz CT molecular complexity index is 734. The van der Waals surface area contributed by atoms with E-state index >= 15 is 0 Å². The predicted octanol–water partition coefficient (Wildman–Crippen LogP) is 5.77. The highest BCUT2D eigenvalue weighted by molar-refractivity contribution is 6.42. The summed E-state index contributed by atoms with van der Waals surface area (Å²) in [6, 6.07) is 10.5. The average Bonchev–Trinajstić information content (AvgIpc) is 3.04. The number of methoxy groups -OCH3 is 2. The molecule has 1 heterocycles. The maximum atomic E-state index is 6.11. The van der Waals surface area contributed by atoms with Gasteiger partial charge in [-0.3, -0.25) is 4.90 Å². The number of halogens is 3. The molecule has 0 radical (unpaired) electrons. The minimum atomic E-state index is 0. The zero-order chi connectivity index (χ0) is 18.0. The second-order valence-electron chi connectivity index (χ2n) is 6.52. The summed E-state index contributed by atoms with van der Waals surface area (Å²) in [5.41, 5.74) is 3.86. The maximum Gasteiger partial charge on any atom is 0.161 e. The molecule has 3 rings (SSSR count). The van der Waals surface area contributed by atoms with E-state index in [9.17, 15) is 0 Å². The van der Waals surface area contributed by atoms with Crippen molar-refractivity contribution in [2.24, 2.45) is 0 Å². The van der Waals surface area contributed by atoms with Crippen molar-refractivity contribution in [1.82, 2.24) is 4.90 Å². The molecular formula is C20H24Cl3NO2. The predicted molar refractivity (Wildman–Crippen MR) is 110 cm³/mol. The van der Waals surface area contributed by atoms with Crippen molar-refractivity contribution in [3.05, 3.63) is 57.1 Å². The molecule has 6 heteroatoms. The van der Waals surface area contributed by atoms with Gasteiger partial charge in [-0.1, -0.05) is 29.3 Å². The molecule has 0 amide bonds. The smallest absolute Gasteiger partial charge is 0.161 e. The van der Waals surface area contributed by atoms with Crippen molar-refractivity contribution in [1.29, 1.82) is 0 Å². The third-order valence-electron chi connectivity index (χ3n) is 4.91. The van der Waals surface area contributed by atoms with Crippen LogP contribution in [0.15, 0.2) is 30.3 Å². The molecule has 1 aliphatic rings. The first-order chi connectivity index (χ1) is 12.0. The topological polar surface area (TPSA) is 21.7 Å². The lowest BCUT2D eigenvalue weighted by Gasteiger charge is -2.23. The van der Waals surface area contributed by atoms with Crippen LogP contribution in [0.5, 0.6) is 11.5 Å². The second kappa shape index (κ2) is 9.18. The molecule has 0 fully saturated rings. The lowest BCUT2D eigenvalue weighted by atomic mass is 10.1. The summed E-state index contributed by atoms with van der Waals surface area (Å²) in [6.07, 6.45) is 2.05. The van der Waals surface area contributed by atoms with Crippen molar-refractivity contribution < 1.29 is 9.47 Å². The summed E-state index contributed by atoms with van der Waals surface area (Å²) in [5, 5.41) is 1.23. The Morgan fingerprint density at radius 3 is 2.04 bits per heavy atom. The van der Waals surface area contributed by atoms with E-state index in [1.807, 2.05) is 12.1 Å². The van der Waals surface area contributed by atoms with Crippen molar-refractivity contribution in [2.45, 2.75) is 38.9 Å². The molecule has 2 aromatic rings. The van der Waals surface area contributed by atoms with Crippen LogP contribution in [0, 0.1) is 0 Å². The molecule has 0 saturated carbocycles. The van der Waals surface area contributed by atoms with Gasteiger partial charge in [-0.2, -0.15) is 0 Å². The van der Waals surface area contributed by atoms with Gasteiger partial charge >= 0.3 is 0 Å². The van der Waals surface area contributed by atoms with E-state index in [4.69, 9.17) is 32.7 Å². The molecule has 0 spiro atoms.